The molecule has 0 aliphatic rings. The van der Waals surface area contributed by atoms with Crippen LogP contribution in [0.25, 0.3) is 22.4 Å². The lowest BCUT2D eigenvalue weighted by Gasteiger charge is -2.02. The number of aromatic nitrogens is 3. The van der Waals surface area contributed by atoms with E-state index in [1.165, 1.54) is 15.9 Å². The minimum atomic E-state index is -0.169. The first-order valence-corrected chi connectivity index (χ1v) is 9.76. The van der Waals surface area contributed by atoms with Crippen molar-refractivity contribution in [2.24, 2.45) is 0 Å². The van der Waals surface area contributed by atoms with E-state index < -0.39 is 0 Å². The number of nitrogens with zero attached hydrogens (tertiary/aromatic N) is 3. The predicted molar refractivity (Wildman–Crippen MR) is 111 cm³/mol. The van der Waals surface area contributed by atoms with E-state index in [1.54, 1.807) is 6.08 Å². The van der Waals surface area contributed by atoms with Crippen LogP contribution in [-0.2, 0) is 0 Å². The zero-order chi connectivity index (χ0) is 18.8. The van der Waals surface area contributed by atoms with Crippen molar-refractivity contribution in [2.75, 3.05) is 6.61 Å². The number of hydrogen-bond donors (Lipinski definition) is 0. The first-order valence-electron chi connectivity index (χ1n) is 8.15. The van der Waals surface area contributed by atoms with Crippen molar-refractivity contribution in [3.8, 4) is 17.1 Å². The fourth-order valence-electron chi connectivity index (χ4n) is 2.52. The third-order valence-corrected chi connectivity index (χ3v) is 5.32. The maximum absolute atomic E-state index is 12.6. The third-order valence-electron chi connectivity index (χ3n) is 3.83. The van der Waals surface area contributed by atoms with Gasteiger partial charge in [-0.15, -0.1) is 5.10 Å². The second kappa shape index (κ2) is 7.46. The van der Waals surface area contributed by atoms with E-state index in [2.05, 4.69) is 32.6 Å². The summed E-state index contributed by atoms with van der Waals surface area (Å²) < 4.78 is 8.39. The number of halogens is 1. The average Bonchev–Trinajstić information content (AvgIpc) is 3.22. The van der Waals surface area contributed by atoms with Crippen molar-refractivity contribution in [1.29, 1.82) is 0 Å². The summed E-state index contributed by atoms with van der Waals surface area (Å²) in [4.78, 5) is 17.7. The summed E-state index contributed by atoms with van der Waals surface area (Å²) in [5.41, 5.74) is 1.61. The number of ether oxygens (including phenoxy) is 1. The SMILES string of the molecule is C=CCOc1ccc(/C=c2\sc3nc(-c4ccc(Br)cc4)nn3c2=O)cc1. The van der Waals surface area contributed by atoms with Gasteiger partial charge in [0.25, 0.3) is 5.56 Å². The Morgan fingerprint density at radius 2 is 1.89 bits per heavy atom. The average molecular weight is 440 g/mol. The number of rotatable bonds is 5. The highest BCUT2D eigenvalue weighted by Crippen LogP contribution is 2.19. The molecule has 0 aliphatic heterocycles. The lowest BCUT2D eigenvalue weighted by molar-refractivity contribution is 0.363. The number of hydrogen-bond acceptors (Lipinski definition) is 5. The molecule has 2 aromatic carbocycles. The van der Waals surface area contributed by atoms with Gasteiger partial charge in [-0.3, -0.25) is 4.79 Å². The van der Waals surface area contributed by atoms with Crippen LogP contribution in [0.3, 0.4) is 0 Å². The van der Waals surface area contributed by atoms with Crippen molar-refractivity contribution in [3.63, 3.8) is 0 Å². The topological polar surface area (TPSA) is 56.5 Å². The van der Waals surface area contributed by atoms with Gasteiger partial charge in [0.2, 0.25) is 4.96 Å². The summed E-state index contributed by atoms with van der Waals surface area (Å²) in [5.74, 6) is 1.30. The Labute approximate surface area is 167 Å². The van der Waals surface area contributed by atoms with Crippen molar-refractivity contribution in [2.45, 2.75) is 0 Å². The summed E-state index contributed by atoms with van der Waals surface area (Å²) in [6.45, 7) is 4.08. The fourth-order valence-corrected chi connectivity index (χ4v) is 3.69. The second-order valence-electron chi connectivity index (χ2n) is 5.72. The van der Waals surface area contributed by atoms with Gasteiger partial charge < -0.3 is 4.74 Å². The minimum Gasteiger partial charge on any atom is -0.490 e. The van der Waals surface area contributed by atoms with Crippen molar-refractivity contribution < 1.29 is 4.74 Å². The molecule has 0 amide bonds. The van der Waals surface area contributed by atoms with Crippen LogP contribution < -0.4 is 14.8 Å². The van der Waals surface area contributed by atoms with Gasteiger partial charge in [0.05, 0.1) is 4.53 Å². The van der Waals surface area contributed by atoms with E-state index in [4.69, 9.17) is 4.74 Å². The summed E-state index contributed by atoms with van der Waals surface area (Å²) in [6, 6.07) is 15.2. The van der Waals surface area contributed by atoms with Crippen LogP contribution in [0.2, 0.25) is 0 Å². The molecule has 0 saturated heterocycles. The fraction of sp³-hybridized carbons (Fsp3) is 0.0500. The highest BCUT2D eigenvalue weighted by atomic mass is 79.9. The highest BCUT2D eigenvalue weighted by molar-refractivity contribution is 9.10. The molecule has 0 N–H and O–H groups in total. The Bertz CT molecular complexity index is 1210. The molecule has 0 spiro atoms. The Morgan fingerprint density at radius 1 is 1.15 bits per heavy atom. The summed E-state index contributed by atoms with van der Waals surface area (Å²) in [5, 5.41) is 4.36. The van der Waals surface area contributed by atoms with Crippen molar-refractivity contribution >= 4 is 38.3 Å². The van der Waals surface area contributed by atoms with E-state index in [0.29, 0.717) is 21.9 Å². The van der Waals surface area contributed by atoms with Crippen LogP contribution in [-0.4, -0.2) is 21.2 Å². The molecule has 134 valence electrons. The van der Waals surface area contributed by atoms with E-state index in [0.717, 1.165) is 21.3 Å². The van der Waals surface area contributed by atoms with Gasteiger partial charge in [0.15, 0.2) is 5.82 Å². The molecule has 0 fully saturated rings. The molecular formula is C20H14BrN3O2S. The van der Waals surface area contributed by atoms with Crippen molar-refractivity contribution in [3.05, 3.63) is 86.1 Å². The summed E-state index contributed by atoms with van der Waals surface area (Å²) in [7, 11) is 0. The highest BCUT2D eigenvalue weighted by Gasteiger charge is 2.11. The zero-order valence-electron chi connectivity index (χ0n) is 14.1. The quantitative estimate of drug-likeness (QED) is 0.445. The van der Waals surface area contributed by atoms with E-state index >= 15 is 0 Å². The Balaban J connectivity index is 1.67. The smallest absolute Gasteiger partial charge is 0.291 e. The molecule has 0 radical (unpaired) electrons. The molecule has 0 bridgehead atoms. The van der Waals surface area contributed by atoms with Crippen molar-refractivity contribution in [1.82, 2.24) is 14.6 Å². The van der Waals surface area contributed by atoms with Gasteiger partial charge in [-0.05, 0) is 35.9 Å². The van der Waals surface area contributed by atoms with Gasteiger partial charge in [-0.25, -0.2) is 0 Å². The lowest BCUT2D eigenvalue weighted by Crippen LogP contribution is -2.23. The second-order valence-corrected chi connectivity index (χ2v) is 7.65. The van der Waals surface area contributed by atoms with E-state index in [1.807, 2.05) is 54.6 Å². The standard InChI is InChI=1S/C20H14BrN3O2S/c1-2-11-26-16-9-3-13(4-10-16)12-17-19(25)24-20(27-17)22-18(23-24)14-5-7-15(21)8-6-14/h2-10,12H,1,11H2/b17-12-. The van der Waals surface area contributed by atoms with Crippen LogP contribution in [0.4, 0.5) is 0 Å². The lowest BCUT2D eigenvalue weighted by atomic mass is 10.2. The third kappa shape index (κ3) is 3.70. The summed E-state index contributed by atoms with van der Waals surface area (Å²) in [6.07, 6.45) is 3.53. The molecule has 27 heavy (non-hydrogen) atoms. The Morgan fingerprint density at radius 3 is 2.56 bits per heavy atom. The molecule has 5 nitrogen and oxygen atoms in total. The first-order chi connectivity index (χ1) is 13.1. The van der Waals surface area contributed by atoms with E-state index in [-0.39, 0.29) is 5.56 Å². The number of thiazole rings is 1. The van der Waals surface area contributed by atoms with Crippen LogP contribution >= 0.6 is 27.3 Å². The molecule has 0 saturated carbocycles. The van der Waals surface area contributed by atoms with Crippen LogP contribution in [0, 0.1) is 0 Å². The van der Waals surface area contributed by atoms with Gasteiger partial charge in [-0.2, -0.15) is 9.50 Å². The van der Waals surface area contributed by atoms with Gasteiger partial charge in [0.1, 0.15) is 12.4 Å². The zero-order valence-corrected chi connectivity index (χ0v) is 16.5. The molecule has 2 heterocycles. The van der Waals surface area contributed by atoms with Gasteiger partial charge in [0, 0.05) is 10.0 Å². The minimum absolute atomic E-state index is 0.169. The maximum Gasteiger partial charge on any atom is 0.291 e. The van der Waals surface area contributed by atoms with Gasteiger partial charge in [-0.1, -0.05) is 64.2 Å². The molecule has 7 heteroatoms. The first kappa shape index (κ1) is 17.6. The molecule has 0 aliphatic carbocycles. The molecule has 0 atom stereocenters. The van der Waals surface area contributed by atoms with E-state index in [9.17, 15) is 4.79 Å². The molecular weight excluding hydrogens is 426 g/mol. The van der Waals surface area contributed by atoms with Gasteiger partial charge >= 0.3 is 0 Å². The summed E-state index contributed by atoms with van der Waals surface area (Å²) >= 11 is 4.73. The van der Waals surface area contributed by atoms with Crippen LogP contribution in [0.5, 0.6) is 5.75 Å². The largest absolute Gasteiger partial charge is 0.490 e. The molecule has 4 rings (SSSR count). The molecule has 2 aromatic heterocycles. The monoisotopic (exact) mass is 439 g/mol. The Kier molecular flexibility index (Phi) is 4.87. The maximum atomic E-state index is 12.6. The Hall–Kier alpha value is -2.77. The normalized spacial score (nSPS) is 11.8. The number of benzene rings is 2. The number of fused-ring (bicyclic) bond motifs is 1. The molecule has 0 unspecified atom stereocenters. The van der Waals surface area contributed by atoms with Crippen LogP contribution in [0.15, 0.2) is 70.5 Å². The molecule has 4 aromatic rings. The van der Waals surface area contributed by atoms with Crippen LogP contribution in [0.1, 0.15) is 5.56 Å². The predicted octanol–water partition coefficient (Wildman–Crippen LogP) is 3.69.